The van der Waals surface area contributed by atoms with Crippen LogP contribution >= 0.6 is 15.6 Å². The molecule has 0 aromatic carbocycles. The van der Waals surface area contributed by atoms with Crippen molar-refractivity contribution in [3.05, 3.63) is 24.3 Å². The number of carbonyl (C=O) groups is 4. The van der Waals surface area contributed by atoms with E-state index in [9.17, 15) is 43.2 Å². The summed E-state index contributed by atoms with van der Waals surface area (Å²) in [5.41, 5.74) is 0. The van der Waals surface area contributed by atoms with Gasteiger partial charge in [0.05, 0.1) is 26.4 Å². The molecule has 0 saturated carbocycles. The van der Waals surface area contributed by atoms with E-state index >= 15 is 0 Å². The average molecular weight is 1500 g/mol. The molecule has 0 radical (unpaired) electrons. The molecular weight excluding hydrogens is 1340 g/mol. The van der Waals surface area contributed by atoms with Gasteiger partial charge in [0.15, 0.2) is 12.2 Å². The molecule has 0 spiro atoms. The maximum atomic E-state index is 13.1. The predicted octanol–water partition coefficient (Wildman–Crippen LogP) is 25.1. The van der Waals surface area contributed by atoms with Crippen LogP contribution in [0.1, 0.15) is 426 Å². The Morgan fingerprint density at radius 1 is 0.311 bits per heavy atom. The molecule has 0 amide bonds. The van der Waals surface area contributed by atoms with Gasteiger partial charge >= 0.3 is 39.5 Å². The van der Waals surface area contributed by atoms with Crippen LogP contribution in [0.4, 0.5) is 0 Å². The van der Waals surface area contributed by atoms with Crippen LogP contribution in [-0.4, -0.2) is 96.7 Å². The van der Waals surface area contributed by atoms with E-state index in [4.69, 9.17) is 37.0 Å². The Balaban J connectivity index is 5.30. The third-order valence-electron chi connectivity index (χ3n) is 19.5. The lowest BCUT2D eigenvalue weighted by atomic mass is 9.99. The summed E-state index contributed by atoms with van der Waals surface area (Å²) in [4.78, 5) is 73.2. The summed E-state index contributed by atoms with van der Waals surface area (Å²) in [6, 6.07) is 0. The van der Waals surface area contributed by atoms with Crippen molar-refractivity contribution in [3.63, 3.8) is 0 Å². The molecule has 0 aromatic rings. The van der Waals surface area contributed by atoms with Gasteiger partial charge in [-0.2, -0.15) is 0 Å². The lowest BCUT2D eigenvalue weighted by Gasteiger charge is -2.21. The van der Waals surface area contributed by atoms with E-state index in [2.05, 4.69) is 58.9 Å². The highest BCUT2D eigenvalue weighted by molar-refractivity contribution is 7.47. The smallest absolute Gasteiger partial charge is 0.462 e. The largest absolute Gasteiger partial charge is 0.472 e. The summed E-state index contributed by atoms with van der Waals surface area (Å²) in [6.45, 7) is 7.34. The number of unbranched alkanes of at least 4 members (excludes halogenated alkanes) is 50. The SMILES string of the molecule is CCCCCC/C=C\C=C/CCCCCCCC(=O)O[C@H](COC(=O)CCCCCCCCCCCCCCC)COP(=O)(O)OC[C@H](O)COP(=O)(O)OC[C@@H](COC(=O)CCCCCCCCCCCCCCCCCCC)OC(=O)CCCCCCCCCCCCCCCCC(C)CC. The second kappa shape index (κ2) is 76.3. The van der Waals surface area contributed by atoms with E-state index < -0.39 is 97.5 Å². The number of aliphatic hydroxyl groups excluding tert-OH is 1. The van der Waals surface area contributed by atoms with Crippen LogP contribution in [-0.2, 0) is 65.4 Å². The van der Waals surface area contributed by atoms with Crippen molar-refractivity contribution in [2.45, 2.75) is 445 Å². The number of phosphoric acid groups is 2. The van der Waals surface area contributed by atoms with Crippen molar-refractivity contribution in [3.8, 4) is 0 Å². The molecular formula is C84H160O17P2. The van der Waals surface area contributed by atoms with Crippen LogP contribution in [0.15, 0.2) is 24.3 Å². The third-order valence-corrected chi connectivity index (χ3v) is 21.4. The lowest BCUT2D eigenvalue weighted by molar-refractivity contribution is -0.161. The highest BCUT2D eigenvalue weighted by Gasteiger charge is 2.30. The van der Waals surface area contributed by atoms with Crippen LogP contribution in [0.3, 0.4) is 0 Å². The number of aliphatic hydroxyl groups is 1. The fourth-order valence-corrected chi connectivity index (χ4v) is 14.1. The van der Waals surface area contributed by atoms with Gasteiger partial charge in [-0.05, 0) is 57.3 Å². The maximum absolute atomic E-state index is 13.1. The first-order valence-electron chi connectivity index (χ1n) is 43.0. The van der Waals surface area contributed by atoms with Gasteiger partial charge < -0.3 is 33.8 Å². The van der Waals surface area contributed by atoms with Crippen molar-refractivity contribution in [1.82, 2.24) is 0 Å². The number of ether oxygens (including phenoxy) is 4. The topological polar surface area (TPSA) is 237 Å². The molecule has 3 unspecified atom stereocenters. The Hall–Kier alpha value is -2.46. The molecule has 0 saturated heterocycles. The van der Waals surface area contributed by atoms with Crippen LogP contribution in [0.2, 0.25) is 0 Å². The zero-order valence-corrected chi connectivity index (χ0v) is 68.7. The van der Waals surface area contributed by atoms with Crippen molar-refractivity contribution in [2.75, 3.05) is 39.6 Å². The van der Waals surface area contributed by atoms with Crippen LogP contribution in [0.25, 0.3) is 0 Å². The molecule has 17 nitrogen and oxygen atoms in total. The first kappa shape index (κ1) is 101. The molecule has 19 heteroatoms. The van der Waals surface area contributed by atoms with E-state index in [1.54, 1.807) is 0 Å². The Morgan fingerprint density at radius 2 is 0.544 bits per heavy atom. The Morgan fingerprint density at radius 3 is 0.825 bits per heavy atom. The highest BCUT2D eigenvalue weighted by atomic mass is 31.2. The Labute approximate surface area is 631 Å². The molecule has 0 aromatic heterocycles. The molecule has 6 atom stereocenters. The Kier molecular flexibility index (Phi) is 74.5. The number of phosphoric ester groups is 2. The van der Waals surface area contributed by atoms with Crippen molar-refractivity contribution >= 4 is 39.5 Å². The lowest BCUT2D eigenvalue weighted by Crippen LogP contribution is -2.30. The normalized spacial score (nSPS) is 14.2. The first-order chi connectivity index (χ1) is 50.1. The first-order valence-corrected chi connectivity index (χ1v) is 46.0. The van der Waals surface area contributed by atoms with Gasteiger partial charge in [-0.25, -0.2) is 9.13 Å². The number of hydrogen-bond acceptors (Lipinski definition) is 15. The molecule has 0 rings (SSSR count). The summed E-state index contributed by atoms with van der Waals surface area (Å²) in [6.07, 6.45) is 71.4. The zero-order chi connectivity index (χ0) is 75.5. The van der Waals surface area contributed by atoms with E-state index in [1.807, 2.05) is 0 Å². The van der Waals surface area contributed by atoms with Crippen LogP contribution < -0.4 is 0 Å². The van der Waals surface area contributed by atoms with E-state index in [0.29, 0.717) is 25.7 Å². The van der Waals surface area contributed by atoms with Gasteiger partial charge in [0.25, 0.3) is 0 Å². The highest BCUT2D eigenvalue weighted by Crippen LogP contribution is 2.45. The standard InChI is InChI=1S/C84H160O17P2/c1-6-10-13-16-19-22-25-28-30-31-33-38-43-48-53-58-63-68-82(87)95-74-80(101-84(89)70-65-60-55-50-45-40-35-34-37-41-46-51-56-61-66-77(5)9-4)76-99-103(92,93)97-72-78(85)71-96-102(90,91)98-75-79(73-94-81(86)67-62-57-52-47-42-36-27-24-21-18-15-12-8-3)100-83(88)69-64-59-54-49-44-39-32-29-26-23-20-17-14-11-7-2/h23,26,29,32,77-80,85H,6-22,24-25,27-28,30-31,33-76H2,1-5H3,(H,90,91)(H,92,93)/b26-23-,32-29-/t77?,78-,79+,80+/m0/s1. The average Bonchev–Trinajstić information content (AvgIpc) is 0.919. The van der Waals surface area contributed by atoms with Crippen molar-refractivity contribution < 1.29 is 80.2 Å². The monoisotopic (exact) mass is 1500 g/mol. The number of carbonyl (C=O) groups excluding carboxylic acids is 4. The summed E-state index contributed by atoms with van der Waals surface area (Å²) in [5, 5.41) is 10.7. The summed E-state index contributed by atoms with van der Waals surface area (Å²) in [7, 11) is -9.94. The summed E-state index contributed by atoms with van der Waals surface area (Å²) in [5.74, 6) is -1.29. The van der Waals surface area contributed by atoms with Crippen molar-refractivity contribution in [1.29, 1.82) is 0 Å². The summed E-state index contributed by atoms with van der Waals surface area (Å²) < 4.78 is 68.8. The molecule has 0 aliphatic heterocycles. The number of esters is 4. The minimum atomic E-state index is -4.97. The maximum Gasteiger partial charge on any atom is 0.472 e. The fraction of sp³-hybridized carbons (Fsp3) is 0.905. The van der Waals surface area contributed by atoms with Crippen LogP contribution in [0, 0.1) is 5.92 Å². The van der Waals surface area contributed by atoms with Gasteiger partial charge in [-0.15, -0.1) is 0 Å². The molecule has 608 valence electrons. The van der Waals surface area contributed by atoms with Gasteiger partial charge in [-0.3, -0.25) is 37.3 Å². The minimum absolute atomic E-state index is 0.0859. The van der Waals surface area contributed by atoms with Gasteiger partial charge in [0.2, 0.25) is 0 Å². The predicted molar refractivity (Wildman–Crippen MR) is 423 cm³/mol. The molecule has 0 bridgehead atoms. The number of hydrogen-bond donors (Lipinski definition) is 3. The molecule has 3 N–H and O–H groups in total. The van der Waals surface area contributed by atoms with Gasteiger partial charge in [0.1, 0.15) is 19.3 Å². The number of allylic oxidation sites excluding steroid dienone is 4. The van der Waals surface area contributed by atoms with Crippen molar-refractivity contribution in [2.24, 2.45) is 5.92 Å². The third kappa shape index (κ3) is 76.1. The quantitative estimate of drug-likeness (QED) is 0.0169. The fourth-order valence-electron chi connectivity index (χ4n) is 12.5. The van der Waals surface area contributed by atoms with E-state index in [1.165, 1.54) is 238 Å². The van der Waals surface area contributed by atoms with Gasteiger partial charge in [0, 0.05) is 25.7 Å². The minimum Gasteiger partial charge on any atom is -0.462 e. The van der Waals surface area contributed by atoms with Crippen LogP contribution in [0.5, 0.6) is 0 Å². The van der Waals surface area contributed by atoms with Gasteiger partial charge in [-0.1, -0.05) is 374 Å². The Bertz CT molecular complexity index is 2060. The molecule has 103 heavy (non-hydrogen) atoms. The second-order valence-corrected chi connectivity index (χ2v) is 32.7. The summed E-state index contributed by atoms with van der Waals surface area (Å²) >= 11 is 0. The number of rotatable bonds is 82. The molecule has 0 heterocycles. The van der Waals surface area contributed by atoms with E-state index in [0.717, 1.165) is 109 Å². The molecule has 0 aliphatic rings. The second-order valence-electron chi connectivity index (χ2n) is 29.8. The zero-order valence-electron chi connectivity index (χ0n) is 66.9. The van der Waals surface area contributed by atoms with E-state index in [-0.39, 0.29) is 25.7 Å². The molecule has 0 fully saturated rings. The molecule has 0 aliphatic carbocycles.